The first-order chi connectivity index (χ1) is 10.3. The van der Waals surface area contributed by atoms with Gasteiger partial charge in [0, 0.05) is 0 Å². The Balaban J connectivity index is 3.78. The molecule has 0 aliphatic rings. The van der Waals surface area contributed by atoms with Gasteiger partial charge in [-0.3, -0.25) is 0 Å². The van der Waals surface area contributed by atoms with Crippen LogP contribution < -0.4 is 0 Å². The topological polar surface area (TPSA) is 43.4 Å². The van der Waals surface area contributed by atoms with Gasteiger partial charge in [0.1, 0.15) is 0 Å². The molecular weight excluding hydrogens is 472 g/mol. The van der Waals surface area contributed by atoms with Crippen molar-refractivity contribution in [2.45, 2.75) is 19.5 Å². The quantitative estimate of drug-likeness (QED) is 0.208. The molecule has 12 heteroatoms. The van der Waals surface area contributed by atoms with E-state index in [1.165, 1.54) is 6.92 Å². The van der Waals surface area contributed by atoms with Crippen LogP contribution in [-0.2, 0) is 18.8 Å². The van der Waals surface area contributed by atoms with Gasteiger partial charge in [-0.1, -0.05) is 0 Å². The van der Waals surface area contributed by atoms with Crippen LogP contribution >= 0.6 is 20.2 Å². The van der Waals surface area contributed by atoms with Gasteiger partial charge in [0.05, 0.1) is 0 Å². The molecule has 0 fully saturated rings. The molecule has 0 aromatic heterocycles. The molecule has 0 spiro atoms. The molecule has 1 rings (SSSR count). The van der Waals surface area contributed by atoms with Crippen LogP contribution in [0.2, 0.25) is 0 Å². The summed E-state index contributed by atoms with van der Waals surface area (Å²) in [7, 11) is -4.31. The zero-order valence-corrected chi connectivity index (χ0v) is 14.5. The van der Waals surface area contributed by atoms with Gasteiger partial charge in [0.2, 0.25) is 0 Å². The Kier molecular flexibility index (Phi) is 6.29. The van der Waals surface area contributed by atoms with Gasteiger partial charge < -0.3 is 0 Å². The van der Waals surface area contributed by atoms with Gasteiger partial charge in [-0.05, 0) is 0 Å². The van der Waals surface area contributed by atoms with E-state index in [0.717, 1.165) is 0 Å². The van der Waals surface area contributed by atoms with Crippen molar-refractivity contribution in [3.8, 4) is 0 Å². The second-order valence-corrected chi connectivity index (χ2v) is 10.8. The molecule has 0 heterocycles. The Hall–Kier alpha value is -0.630. The van der Waals surface area contributed by atoms with Gasteiger partial charge in [0.15, 0.2) is 0 Å². The Morgan fingerprint density at radius 1 is 1.00 bits per heavy atom. The first kappa shape index (κ1) is 20.4. The Bertz CT molecular complexity index is 703. The van der Waals surface area contributed by atoms with Crippen LogP contribution in [0.15, 0.2) is 0 Å². The predicted octanol–water partition coefficient (Wildman–Crippen LogP) is 4.24. The van der Waals surface area contributed by atoms with Gasteiger partial charge in [-0.15, -0.1) is 0 Å². The van der Waals surface area contributed by atoms with Crippen molar-refractivity contribution in [3.05, 3.63) is 32.4 Å². The summed E-state index contributed by atoms with van der Waals surface area (Å²) < 4.78 is 118. The summed E-state index contributed by atoms with van der Waals surface area (Å²) in [5.41, 5.74) is -2.36. The van der Waals surface area contributed by atoms with E-state index < -0.39 is 68.9 Å². The van der Waals surface area contributed by atoms with E-state index in [4.69, 9.17) is 0 Å². The van der Waals surface area contributed by atoms with Crippen LogP contribution in [0, 0.1) is 26.8 Å². The SMILES string of the molecule is CCCI(OS(C)(=O)=O)c1c(F)c(F)c(F)c(F)c1C(F)(F)F. The fourth-order valence-corrected chi connectivity index (χ4v) is 8.79. The molecule has 0 atom stereocenters. The number of rotatable bonds is 5. The molecule has 1 aromatic rings. The molecule has 0 saturated carbocycles. The third-order valence-corrected chi connectivity index (χ3v) is 10.2. The van der Waals surface area contributed by atoms with Crippen LogP contribution in [0.5, 0.6) is 0 Å². The molecule has 0 aliphatic carbocycles. The molecule has 0 saturated heterocycles. The minimum absolute atomic E-state index is 0.0672. The number of hydrogen-bond donors (Lipinski definition) is 0. The summed E-state index contributed by atoms with van der Waals surface area (Å²) in [5, 5.41) is 0. The van der Waals surface area contributed by atoms with E-state index in [0.29, 0.717) is 6.26 Å². The first-order valence-corrected chi connectivity index (χ1v) is 11.1. The van der Waals surface area contributed by atoms with Gasteiger partial charge in [-0.25, -0.2) is 0 Å². The third kappa shape index (κ3) is 4.68. The van der Waals surface area contributed by atoms with Crippen LogP contribution in [0.3, 0.4) is 0 Å². The molecule has 0 radical (unpaired) electrons. The average Bonchev–Trinajstić information content (AvgIpc) is 2.36. The Morgan fingerprint density at radius 3 is 1.87 bits per heavy atom. The van der Waals surface area contributed by atoms with Gasteiger partial charge >= 0.3 is 135 Å². The monoisotopic (exact) mass is 482 g/mol. The fourth-order valence-electron chi connectivity index (χ4n) is 1.52. The van der Waals surface area contributed by atoms with Crippen molar-refractivity contribution >= 4 is 30.4 Å². The molecule has 0 unspecified atom stereocenters. The van der Waals surface area contributed by atoms with E-state index in [2.05, 4.69) is 2.51 Å². The summed E-state index contributed by atoms with van der Waals surface area (Å²) in [5.74, 6) is -9.97. The summed E-state index contributed by atoms with van der Waals surface area (Å²) in [6.45, 7) is 1.43. The first-order valence-electron chi connectivity index (χ1n) is 5.80. The zero-order chi connectivity index (χ0) is 18.2. The van der Waals surface area contributed by atoms with Crippen LogP contribution in [0.4, 0.5) is 30.7 Å². The number of alkyl halides is 4. The number of benzene rings is 1. The average molecular weight is 482 g/mol. The molecule has 0 N–H and O–H groups in total. The molecule has 3 nitrogen and oxygen atoms in total. The summed E-state index contributed by atoms with van der Waals surface area (Å²) in [4.78, 5) is 0. The third-order valence-electron chi connectivity index (χ3n) is 2.26. The maximum absolute atomic E-state index is 13.9. The normalized spacial score (nSPS) is 13.3. The second-order valence-electron chi connectivity index (χ2n) is 4.22. The minimum atomic E-state index is -5.56. The molecule has 1 aromatic carbocycles. The van der Waals surface area contributed by atoms with Crippen molar-refractivity contribution < 1.29 is 41.7 Å². The number of hydrogen-bond acceptors (Lipinski definition) is 3. The summed E-state index contributed by atoms with van der Waals surface area (Å²) >= 11 is -4.01. The standard InChI is InChI=1S/C11H10F7IO3S/c1-3-4-19(22-23(2,20)21)10-5(11(16,17)18)6(12)7(13)8(14)9(10)15/h3-4H2,1-2H3. The van der Waals surface area contributed by atoms with Crippen LogP contribution in [0.25, 0.3) is 0 Å². The molecule has 0 bridgehead atoms. The summed E-state index contributed by atoms with van der Waals surface area (Å²) in [6.07, 6.45) is -4.98. The van der Waals surface area contributed by atoms with E-state index >= 15 is 0 Å². The van der Waals surface area contributed by atoms with Crippen LogP contribution in [-0.4, -0.2) is 19.1 Å². The van der Waals surface area contributed by atoms with E-state index in [1.807, 2.05) is 0 Å². The second kappa shape index (κ2) is 7.09. The molecule has 134 valence electrons. The van der Waals surface area contributed by atoms with Crippen molar-refractivity contribution in [3.63, 3.8) is 0 Å². The van der Waals surface area contributed by atoms with Crippen molar-refractivity contribution in [2.75, 3.05) is 10.7 Å². The Morgan fingerprint density at radius 2 is 1.48 bits per heavy atom. The predicted molar refractivity (Wildman–Crippen MR) is 75.1 cm³/mol. The fraction of sp³-hybridized carbons (Fsp3) is 0.455. The van der Waals surface area contributed by atoms with Gasteiger partial charge in [-0.2, -0.15) is 0 Å². The van der Waals surface area contributed by atoms with E-state index in [1.54, 1.807) is 0 Å². The van der Waals surface area contributed by atoms with Crippen LogP contribution in [0.1, 0.15) is 18.9 Å². The van der Waals surface area contributed by atoms with E-state index in [-0.39, 0.29) is 10.8 Å². The Labute approximate surface area is 134 Å². The molecule has 23 heavy (non-hydrogen) atoms. The maximum atomic E-state index is 13.9. The van der Waals surface area contributed by atoms with E-state index in [9.17, 15) is 39.2 Å². The molecule has 0 amide bonds. The molecular formula is C11H10F7IO3S. The van der Waals surface area contributed by atoms with Gasteiger partial charge in [0.25, 0.3) is 0 Å². The van der Waals surface area contributed by atoms with Crippen molar-refractivity contribution in [2.24, 2.45) is 0 Å². The zero-order valence-electron chi connectivity index (χ0n) is 11.6. The summed E-state index contributed by atoms with van der Waals surface area (Å²) in [6, 6.07) is 0. The molecule has 0 aliphatic heterocycles. The van der Waals surface area contributed by atoms with Crippen molar-refractivity contribution in [1.82, 2.24) is 0 Å². The number of halogens is 8. The van der Waals surface area contributed by atoms with Crippen molar-refractivity contribution in [1.29, 1.82) is 0 Å².